The van der Waals surface area contributed by atoms with E-state index in [9.17, 15) is 0 Å². The average molecular weight is 358 g/mol. The number of H-pyrrole nitrogens is 1. The van der Waals surface area contributed by atoms with Crippen LogP contribution in [0.3, 0.4) is 0 Å². The molecular formula is C19H14N6S. The number of nitrogens with one attached hydrogen (secondary N) is 1. The minimum atomic E-state index is 0.753. The number of rotatable bonds is 3. The van der Waals surface area contributed by atoms with Gasteiger partial charge in [0.05, 0.1) is 11.4 Å². The van der Waals surface area contributed by atoms with Gasteiger partial charge in [0.15, 0.2) is 10.8 Å². The van der Waals surface area contributed by atoms with Crippen molar-refractivity contribution >= 4 is 16.3 Å². The number of hydrogen-bond acceptors (Lipinski definition) is 5. The maximum atomic E-state index is 4.71. The molecule has 0 aliphatic carbocycles. The minimum absolute atomic E-state index is 0.753. The minimum Gasteiger partial charge on any atom is -0.275 e. The first-order valence-corrected chi connectivity index (χ1v) is 9.01. The van der Waals surface area contributed by atoms with Crippen LogP contribution in [0.2, 0.25) is 0 Å². The summed E-state index contributed by atoms with van der Waals surface area (Å²) in [5, 5.41) is 21.6. The van der Waals surface area contributed by atoms with Crippen LogP contribution in [0.15, 0.2) is 60.7 Å². The van der Waals surface area contributed by atoms with E-state index in [1.807, 2.05) is 54.6 Å². The Morgan fingerprint density at radius 1 is 0.962 bits per heavy atom. The lowest BCUT2D eigenvalue weighted by Crippen LogP contribution is -1.93. The van der Waals surface area contributed by atoms with Crippen LogP contribution < -0.4 is 0 Å². The van der Waals surface area contributed by atoms with Gasteiger partial charge in [0.2, 0.25) is 4.96 Å². The SMILES string of the molecule is Cc1ccccc1-c1nnc2sc(-c3cc(-c4ccccc4)n[nH]3)nn12. The first kappa shape index (κ1) is 15.0. The third-order valence-electron chi connectivity index (χ3n) is 4.25. The molecule has 0 radical (unpaired) electrons. The summed E-state index contributed by atoms with van der Waals surface area (Å²) in [4.78, 5) is 0.758. The van der Waals surface area contributed by atoms with Gasteiger partial charge < -0.3 is 0 Å². The molecule has 126 valence electrons. The summed E-state index contributed by atoms with van der Waals surface area (Å²) >= 11 is 1.49. The first-order valence-electron chi connectivity index (χ1n) is 8.19. The summed E-state index contributed by atoms with van der Waals surface area (Å²) < 4.78 is 1.80. The number of aryl methyl sites for hydroxylation is 1. The Morgan fingerprint density at radius 3 is 2.62 bits per heavy atom. The van der Waals surface area contributed by atoms with Crippen molar-refractivity contribution in [2.24, 2.45) is 0 Å². The van der Waals surface area contributed by atoms with Crippen molar-refractivity contribution in [3.63, 3.8) is 0 Å². The predicted molar refractivity (Wildman–Crippen MR) is 102 cm³/mol. The molecule has 0 fully saturated rings. The van der Waals surface area contributed by atoms with Gasteiger partial charge in [-0.25, -0.2) is 0 Å². The smallest absolute Gasteiger partial charge is 0.235 e. The average Bonchev–Trinajstić information content (AvgIpc) is 3.38. The second-order valence-electron chi connectivity index (χ2n) is 5.97. The van der Waals surface area contributed by atoms with Gasteiger partial charge in [0.25, 0.3) is 0 Å². The fourth-order valence-electron chi connectivity index (χ4n) is 2.91. The van der Waals surface area contributed by atoms with E-state index in [1.165, 1.54) is 11.3 Å². The predicted octanol–water partition coefficient (Wildman–Crippen LogP) is 4.22. The number of aromatic nitrogens is 6. The highest BCUT2D eigenvalue weighted by Crippen LogP contribution is 2.30. The van der Waals surface area contributed by atoms with E-state index >= 15 is 0 Å². The highest BCUT2D eigenvalue weighted by atomic mass is 32.1. The molecule has 0 unspecified atom stereocenters. The number of nitrogens with zero attached hydrogens (tertiary/aromatic N) is 5. The largest absolute Gasteiger partial charge is 0.275 e. The quantitative estimate of drug-likeness (QED) is 0.524. The zero-order chi connectivity index (χ0) is 17.5. The molecule has 1 N–H and O–H groups in total. The summed E-state index contributed by atoms with van der Waals surface area (Å²) in [6.07, 6.45) is 0. The van der Waals surface area contributed by atoms with E-state index in [0.717, 1.165) is 43.9 Å². The molecule has 0 saturated carbocycles. The van der Waals surface area contributed by atoms with Gasteiger partial charge in [-0.3, -0.25) is 5.10 Å². The monoisotopic (exact) mass is 358 g/mol. The highest BCUT2D eigenvalue weighted by molar-refractivity contribution is 7.19. The van der Waals surface area contributed by atoms with E-state index in [2.05, 4.69) is 33.4 Å². The second kappa shape index (κ2) is 5.89. The molecule has 5 rings (SSSR count). The molecule has 0 spiro atoms. The van der Waals surface area contributed by atoms with Gasteiger partial charge >= 0.3 is 0 Å². The normalized spacial score (nSPS) is 11.3. The summed E-state index contributed by atoms with van der Waals surface area (Å²) in [6.45, 7) is 2.06. The number of fused-ring (bicyclic) bond motifs is 1. The summed E-state index contributed by atoms with van der Waals surface area (Å²) in [5.74, 6) is 0.753. The molecule has 0 bridgehead atoms. The molecule has 0 aliphatic rings. The van der Waals surface area contributed by atoms with Crippen LogP contribution >= 0.6 is 11.3 Å². The first-order chi connectivity index (χ1) is 12.8. The molecule has 0 atom stereocenters. The van der Waals surface area contributed by atoms with Crippen LogP contribution in [0.1, 0.15) is 5.56 Å². The number of aromatic amines is 1. The second-order valence-corrected chi connectivity index (χ2v) is 6.93. The molecule has 0 amide bonds. The van der Waals surface area contributed by atoms with Gasteiger partial charge in [0, 0.05) is 11.1 Å². The molecule has 0 saturated heterocycles. The fourth-order valence-corrected chi connectivity index (χ4v) is 3.71. The molecule has 2 aromatic carbocycles. The maximum absolute atomic E-state index is 4.71. The Hall–Kier alpha value is -3.32. The Balaban J connectivity index is 1.58. The van der Waals surface area contributed by atoms with Crippen LogP contribution in [-0.2, 0) is 0 Å². The van der Waals surface area contributed by atoms with Gasteiger partial charge in [0.1, 0.15) is 0 Å². The Kier molecular flexibility index (Phi) is 3.39. The molecule has 7 heteroatoms. The summed E-state index contributed by atoms with van der Waals surface area (Å²) in [6, 6.07) is 20.2. The van der Waals surface area contributed by atoms with Crippen LogP contribution in [0.4, 0.5) is 0 Å². The Bertz CT molecular complexity index is 1200. The molecular weight excluding hydrogens is 344 g/mol. The number of benzene rings is 2. The molecule has 3 aromatic heterocycles. The molecule has 3 heterocycles. The van der Waals surface area contributed by atoms with Gasteiger partial charge in [-0.05, 0) is 18.6 Å². The van der Waals surface area contributed by atoms with Crippen molar-refractivity contribution in [3.8, 4) is 33.3 Å². The van der Waals surface area contributed by atoms with Gasteiger partial charge in [-0.2, -0.15) is 14.7 Å². The van der Waals surface area contributed by atoms with Crippen molar-refractivity contribution in [1.29, 1.82) is 0 Å². The van der Waals surface area contributed by atoms with Gasteiger partial charge in [-0.1, -0.05) is 65.9 Å². The standard InChI is InChI=1S/C19H14N6S/c1-12-7-5-6-10-14(12)17-22-23-19-25(17)24-18(26-19)16-11-15(20-21-16)13-8-3-2-4-9-13/h2-11H,1H3,(H,20,21). The molecule has 5 aromatic rings. The lowest BCUT2D eigenvalue weighted by atomic mass is 10.1. The lowest BCUT2D eigenvalue weighted by Gasteiger charge is -2.00. The molecule has 26 heavy (non-hydrogen) atoms. The maximum Gasteiger partial charge on any atom is 0.235 e. The van der Waals surface area contributed by atoms with Crippen molar-refractivity contribution in [2.45, 2.75) is 6.92 Å². The zero-order valence-corrected chi connectivity index (χ0v) is 14.7. The van der Waals surface area contributed by atoms with E-state index < -0.39 is 0 Å². The van der Waals surface area contributed by atoms with E-state index in [0.29, 0.717) is 0 Å². The third-order valence-corrected chi connectivity index (χ3v) is 5.19. The topological polar surface area (TPSA) is 71.8 Å². The van der Waals surface area contributed by atoms with E-state index in [4.69, 9.17) is 5.10 Å². The van der Waals surface area contributed by atoms with Crippen LogP contribution in [0.25, 0.3) is 38.3 Å². The highest BCUT2D eigenvalue weighted by Gasteiger charge is 2.17. The Labute approximate surface area is 153 Å². The van der Waals surface area contributed by atoms with Crippen LogP contribution in [-0.4, -0.2) is 30.0 Å². The van der Waals surface area contributed by atoms with Crippen molar-refractivity contribution < 1.29 is 0 Å². The Morgan fingerprint density at radius 2 is 1.77 bits per heavy atom. The summed E-state index contributed by atoms with van der Waals surface area (Å²) in [5.41, 5.74) is 5.01. The van der Waals surface area contributed by atoms with Crippen molar-refractivity contribution in [2.75, 3.05) is 0 Å². The fraction of sp³-hybridized carbons (Fsp3) is 0.0526. The summed E-state index contributed by atoms with van der Waals surface area (Å²) in [7, 11) is 0. The lowest BCUT2D eigenvalue weighted by molar-refractivity contribution is 0.962. The molecule has 6 nitrogen and oxygen atoms in total. The zero-order valence-electron chi connectivity index (χ0n) is 13.9. The number of hydrogen-bond donors (Lipinski definition) is 1. The van der Waals surface area contributed by atoms with Crippen molar-refractivity contribution in [3.05, 3.63) is 66.2 Å². The van der Waals surface area contributed by atoms with Crippen molar-refractivity contribution in [1.82, 2.24) is 30.0 Å². The molecule has 0 aliphatic heterocycles. The van der Waals surface area contributed by atoms with E-state index in [1.54, 1.807) is 4.52 Å². The van der Waals surface area contributed by atoms with Crippen LogP contribution in [0, 0.1) is 6.92 Å². The van der Waals surface area contributed by atoms with E-state index in [-0.39, 0.29) is 0 Å². The third kappa shape index (κ3) is 2.41. The van der Waals surface area contributed by atoms with Gasteiger partial charge in [-0.15, -0.1) is 10.2 Å². The van der Waals surface area contributed by atoms with Crippen LogP contribution in [0.5, 0.6) is 0 Å².